The zero-order chi connectivity index (χ0) is 6.69. The molecule has 1 fully saturated rings. The second-order valence-electron chi connectivity index (χ2n) is 2.84. The minimum atomic E-state index is 0.562. The third kappa shape index (κ3) is 1.68. The summed E-state index contributed by atoms with van der Waals surface area (Å²) in [7, 11) is 0. The van der Waals surface area contributed by atoms with E-state index in [0.717, 1.165) is 18.9 Å². The molecule has 1 aliphatic rings. The van der Waals surface area contributed by atoms with Gasteiger partial charge >= 0.3 is 0 Å². The van der Waals surface area contributed by atoms with E-state index in [0.29, 0.717) is 6.10 Å². The van der Waals surface area contributed by atoms with Crippen molar-refractivity contribution in [1.82, 2.24) is 0 Å². The average Bonchev–Trinajstić information content (AvgIpc) is 1.86. The van der Waals surface area contributed by atoms with Crippen LogP contribution in [-0.4, -0.2) is 12.7 Å². The fourth-order valence-electron chi connectivity index (χ4n) is 1.14. The van der Waals surface area contributed by atoms with Crippen LogP contribution < -0.4 is 0 Å². The zero-order valence-electron chi connectivity index (χ0n) is 6.10. The molecule has 1 nitrogen and oxygen atoms in total. The maximum absolute atomic E-state index is 5.32. The van der Waals surface area contributed by atoms with E-state index >= 15 is 0 Å². The van der Waals surface area contributed by atoms with Crippen molar-refractivity contribution >= 4 is 0 Å². The van der Waals surface area contributed by atoms with E-state index < -0.39 is 0 Å². The SMILES string of the molecule is [CH2]CCCC1OCC1C. The summed E-state index contributed by atoms with van der Waals surface area (Å²) in [5, 5.41) is 0. The molecule has 0 aromatic rings. The van der Waals surface area contributed by atoms with Gasteiger partial charge in [-0.1, -0.05) is 26.7 Å². The van der Waals surface area contributed by atoms with Crippen LogP contribution in [0.25, 0.3) is 0 Å². The number of unbranched alkanes of at least 4 members (excludes halogenated alkanes) is 1. The van der Waals surface area contributed by atoms with Crippen molar-refractivity contribution in [2.45, 2.75) is 32.3 Å². The highest BCUT2D eigenvalue weighted by Crippen LogP contribution is 2.23. The fraction of sp³-hybridized carbons (Fsp3) is 0.875. The molecule has 1 radical (unpaired) electrons. The van der Waals surface area contributed by atoms with Gasteiger partial charge in [-0.15, -0.1) is 0 Å². The van der Waals surface area contributed by atoms with Crippen molar-refractivity contribution in [2.75, 3.05) is 6.61 Å². The topological polar surface area (TPSA) is 9.23 Å². The second-order valence-corrected chi connectivity index (χ2v) is 2.84. The molecule has 0 saturated carbocycles. The van der Waals surface area contributed by atoms with Gasteiger partial charge in [0, 0.05) is 5.92 Å². The van der Waals surface area contributed by atoms with Crippen LogP contribution in [0.15, 0.2) is 0 Å². The monoisotopic (exact) mass is 127 g/mol. The standard InChI is InChI=1S/C8H15O/c1-3-4-5-8-7(2)6-9-8/h7-8H,1,3-6H2,2H3. The lowest BCUT2D eigenvalue weighted by Gasteiger charge is -2.34. The molecule has 1 aliphatic heterocycles. The smallest absolute Gasteiger partial charge is 0.0622 e. The predicted octanol–water partition coefficient (Wildman–Crippen LogP) is 2.03. The highest BCUT2D eigenvalue weighted by atomic mass is 16.5. The summed E-state index contributed by atoms with van der Waals surface area (Å²) in [6.45, 7) is 7.01. The summed E-state index contributed by atoms with van der Waals surface area (Å²) in [4.78, 5) is 0. The molecule has 53 valence electrons. The van der Waals surface area contributed by atoms with Crippen molar-refractivity contribution in [2.24, 2.45) is 5.92 Å². The van der Waals surface area contributed by atoms with E-state index in [4.69, 9.17) is 4.74 Å². The summed E-state index contributed by atoms with van der Waals surface area (Å²) >= 11 is 0. The molecule has 9 heavy (non-hydrogen) atoms. The average molecular weight is 127 g/mol. The molecule has 0 bridgehead atoms. The van der Waals surface area contributed by atoms with Crippen LogP contribution >= 0.6 is 0 Å². The van der Waals surface area contributed by atoms with Crippen molar-refractivity contribution in [3.63, 3.8) is 0 Å². The fourth-order valence-corrected chi connectivity index (χ4v) is 1.14. The van der Waals surface area contributed by atoms with Gasteiger partial charge < -0.3 is 4.74 Å². The van der Waals surface area contributed by atoms with Gasteiger partial charge in [-0.25, -0.2) is 0 Å². The van der Waals surface area contributed by atoms with E-state index in [1.54, 1.807) is 0 Å². The van der Waals surface area contributed by atoms with Crippen LogP contribution in [0.1, 0.15) is 26.2 Å². The van der Waals surface area contributed by atoms with Gasteiger partial charge in [0.1, 0.15) is 0 Å². The summed E-state index contributed by atoms with van der Waals surface area (Å²) in [6.07, 6.45) is 4.04. The van der Waals surface area contributed by atoms with E-state index in [1.807, 2.05) is 0 Å². The Morgan fingerprint density at radius 3 is 2.78 bits per heavy atom. The Morgan fingerprint density at radius 1 is 1.67 bits per heavy atom. The lowest BCUT2D eigenvalue weighted by Crippen LogP contribution is -2.37. The second kappa shape index (κ2) is 3.21. The van der Waals surface area contributed by atoms with Crippen molar-refractivity contribution in [3.8, 4) is 0 Å². The van der Waals surface area contributed by atoms with Gasteiger partial charge in [-0.05, 0) is 6.42 Å². The van der Waals surface area contributed by atoms with Crippen LogP contribution in [0.2, 0.25) is 0 Å². The zero-order valence-corrected chi connectivity index (χ0v) is 6.10. The Hall–Kier alpha value is -0.0400. The molecular formula is C8H15O. The minimum Gasteiger partial charge on any atom is -0.377 e. The Balaban J connectivity index is 1.99. The molecule has 0 aromatic heterocycles. The van der Waals surface area contributed by atoms with E-state index in [9.17, 15) is 0 Å². The Bertz CT molecular complexity index is 80.6. The van der Waals surface area contributed by atoms with E-state index in [1.165, 1.54) is 12.8 Å². The molecule has 2 unspecified atom stereocenters. The Labute approximate surface area is 57.4 Å². The van der Waals surface area contributed by atoms with Crippen molar-refractivity contribution < 1.29 is 4.74 Å². The lowest BCUT2D eigenvalue weighted by atomic mass is 9.96. The minimum absolute atomic E-state index is 0.562. The summed E-state index contributed by atoms with van der Waals surface area (Å²) in [6, 6.07) is 0. The van der Waals surface area contributed by atoms with Crippen LogP contribution in [0.3, 0.4) is 0 Å². The molecular weight excluding hydrogens is 112 g/mol. The first-order valence-electron chi connectivity index (χ1n) is 3.75. The quantitative estimate of drug-likeness (QED) is 0.563. The first-order chi connectivity index (χ1) is 4.34. The van der Waals surface area contributed by atoms with Gasteiger partial charge in [-0.3, -0.25) is 0 Å². The Kier molecular flexibility index (Phi) is 2.52. The van der Waals surface area contributed by atoms with Gasteiger partial charge in [-0.2, -0.15) is 0 Å². The molecule has 0 N–H and O–H groups in total. The van der Waals surface area contributed by atoms with Crippen LogP contribution in [-0.2, 0) is 4.74 Å². The van der Waals surface area contributed by atoms with Gasteiger partial charge in [0.2, 0.25) is 0 Å². The number of ether oxygens (including phenoxy) is 1. The first-order valence-corrected chi connectivity index (χ1v) is 3.75. The van der Waals surface area contributed by atoms with Crippen molar-refractivity contribution in [1.29, 1.82) is 0 Å². The molecule has 0 spiro atoms. The van der Waals surface area contributed by atoms with Gasteiger partial charge in [0.05, 0.1) is 12.7 Å². The Morgan fingerprint density at radius 2 is 2.44 bits per heavy atom. The van der Waals surface area contributed by atoms with Crippen LogP contribution in [0, 0.1) is 12.8 Å². The van der Waals surface area contributed by atoms with E-state index in [-0.39, 0.29) is 0 Å². The predicted molar refractivity (Wildman–Crippen MR) is 38.1 cm³/mol. The third-order valence-corrected chi connectivity index (χ3v) is 1.95. The normalized spacial score (nSPS) is 34.0. The molecule has 0 amide bonds. The molecule has 1 rings (SSSR count). The van der Waals surface area contributed by atoms with Crippen LogP contribution in [0.5, 0.6) is 0 Å². The third-order valence-electron chi connectivity index (χ3n) is 1.95. The summed E-state index contributed by atoms with van der Waals surface area (Å²) in [5.74, 6) is 0.802. The highest BCUT2D eigenvalue weighted by Gasteiger charge is 2.26. The largest absolute Gasteiger partial charge is 0.377 e. The maximum Gasteiger partial charge on any atom is 0.0622 e. The molecule has 0 aromatic carbocycles. The summed E-state index contributed by atoms with van der Waals surface area (Å²) in [5.41, 5.74) is 0. The molecule has 0 aliphatic carbocycles. The molecule has 1 heterocycles. The molecule has 1 heteroatoms. The molecule has 2 atom stereocenters. The molecule has 1 saturated heterocycles. The lowest BCUT2D eigenvalue weighted by molar-refractivity contribution is -0.110. The van der Waals surface area contributed by atoms with Gasteiger partial charge in [0.25, 0.3) is 0 Å². The van der Waals surface area contributed by atoms with Crippen LogP contribution in [0.4, 0.5) is 0 Å². The highest BCUT2D eigenvalue weighted by molar-refractivity contribution is 4.74. The number of hydrogen-bond acceptors (Lipinski definition) is 1. The summed E-state index contributed by atoms with van der Waals surface area (Å²) < 4.78 is 5.32. The number of rotatable bonds is 3. The maximum atomic E-state index is 5.32. The van der Waals surface area contributed by atoms with Gasteiger partial charge in [0.15, 0.2) is 0 Å². The van der Waals surface area contributed by atoms with Crippen molar-refractivity contribution in [3.05, 3.63) is 6.92 Å². The number of hydrogen-bond donors (Lipinski definition) is 0. The first kappa shape index (κ1) is 7.07. The van der Waals surface area contributed by atoms with E-state index in [2.05, 4.69) is 13.8 Å².